The maximum Gasteiger partial charge on any atom is 0.340 e. The number of carbonyl (C=O) groups is 1. The first-order chi connectivity index (χ1) is 12.7. The highest BCUT2D eigenvalue weighted by Crippen LogP contribution is 2.57. The summed E-state index contributed by atoms with van der Waals surface area (Å²) in [5.41, 5.74) is 4.01. The van der Waals surface area contributed by atoms with E-state index in [1.54, 1.807) is 6.07 Å². The molecule has 132 valence electrons. The molecule has 26 heavy (non-hydrogen) atoms. The first-order valence-electron chi connectivity index (χ1n) is 9.10. The van der Waals surface area contributed by atoms with E-state index in [0.29, 0.717) is 16.5 Å². The third kappa shape index (κ3) is 2.27. The molecule has 0 amide bonds. The Morgan fingerprint density at radius 3 is 2.88 bits per heavy atom. The minimum atomic E-state index is -0.360. The Hall–Kier alpha value is -2.66. The summed E-state index contributed by atoms with van der Waals surface area (Å²) < 4.78 is 6.70. The van der Waals surface area contributed by atoms with Crippen molar-refractivity contribution in [1.29, 1.82) is 0 Å². The lowest BCUT2D eigenvalue weighted by atomic mass is 9.88. The second kappa shape index (κ2) is 5.68. The van der Waals surface area contributed by atoms with E-state index in [0.717, 1.165) is 30.1 Å². The lowest BCUT2D eigenvalue weighted by Crippen LogP contribution is -2.31. The van der Waals surface area contributed by atoms with Crippen LogP contribution in [0.1, 0.15) is 28.8 Å². The van der Waals surface area contributed by atoms with Gasteiger partial charge >= 0.3 is 5.97 Å². The van der Waals surface area contributed by atoms with Crippen molar-refractivity contribution in [3.63, 3.8) is 0 Å². The van der Waals surface area contributed by atoms with E-state index in [1.807, 2.05) is 23.0 Å². The van der Waals surface area contributed by atoms with E-state index in [4.69, 9.17) is 4.74 Å². The zero-order valence-corrected chi connectivity index (χ0v) is 14.7. The SMILES string of the molecule is COC(=O)c1cccc2cn(-c3ccc([C@@]45CCNC[C@@H]4C5)cc3)nc12. The standard InChI is InChI=1S/C21H21N3O2/c1-26-20(25)18-4-2-3-14-13-24(23-19(14)18)17-7-5-15(6-8-17)21-9-10-22-12-16(21)11-21/h2-8,13,16,22H,9-12H2,1H3/t16-,21-/m0/s1. The maximum absolute atomic E-state index is 12.0. The molecule has 2 aromatic carbocycles. The van der Waals surface area contributed by atoms with Crippen molar-refractivity contribution in [2.75, 3.05) is 20.2 Å². The van der Waals surface area contributed by atoms with Gasteiger partial charge in [-0.15, -0.1) is 0 Å². The number of methoxy groups -OCH3 is 1. The minimum absolute atomic E-state index is 0.360. The van der Waals surface area contributed by atoms with Gasteiger partial charge in [-0.2, -0.15) is 5.10 Å². The Kier molecular flexibility index (Phi) is 3.40. The van der Waals surface area contributed by atoms with E-state index in [-0.39, 0.29) is 5.97 Å². The predicted molar refractivity (Wildman–Crippen MR) is 99.7 cm³/mol. The number of esters is 1. The van der Waals surface area contributed by atoms with Crippen LogP contribution in [0.4, 0.5) is 0 Å². The van der Waals surface area contributed by atoms with Crippen molar-refractivity contribution in [3.8, 4) is 5.69 Å². The van der Waals surface area contributed by atoms with Crippen LogP contribution in [0, 0.1) is 5.92 Å². The van der Waals surface area contributed by atoms with Crippen LogP contribution < -0.4 is 5.32 Å². The molecule has 2 fully saturated rings. The molecule has 2 aliphatic rings. The third-order valence-corrected chi connectivity index (χ3v) is 6.02. The monoisotopic (exact) mass is 347 g/mol. The van der Waals surface area contributed by atoms with E-state index >= 15 is 0 Å². The molecule has 0 radical (unpaired) electrons. The maximum atomic E-state index is 12.0. The van der Waals surface area contributed by atoms with Gasteiger partial charge in [0.1, 0.15) is 5.52 Å². The van der Waals surface area contributed by atoms with Crippen LogP contribution in [-0.4, -0.2) is 35.9 Å². The number of hydrogen-bond donors (Lipinski definition) is 1. The highest BCUT2D eigenvalue weighted by Gasteiger charge is 2.55. The van der Waals surface area contributed by atoms with Gasteiger partial charge in [-0.3, -0.25) is 0 Å². The quantitative estimate of drug-likeness (QED) is 0.740. The number of hydrogen-bond acceptors (Lipinski definition) is 4. The largest absolute Gasteiger partial charge is 0.465 e. The molecule has 0 bridgehead atoms. The summed E-state index contributed by atoms with van der Waals surface area (Å²) in [7, 11) is 1.39. The van der Waals surface area contributed by atoms with Crippen LogP contribution in [0.3, 0.4) is 0 Å². The van der Waals surface area contributed by atoms with E-state index in [2.05, 4.69) is 34.7 Å². The number of aromatic nitrogens is 2. The second-order valence-corrected chi connectivity index (χ2v) is 7.37. The fourth-order valence-corrected chi connectivity index (χ4v) is 4.44. The van der Waals surface area contributed by atoms with Gasteiger partial charge in [0.2, 0.25) is 0 Å². The van der Waals surface area contributed by atoms with Gasteiger partial charge in [-0.1, -0.05) is 24.3 Å². The van der Waals surface area contributed by atoms with Gasteiger partial charge in [0.25, 0.3) is 0 Å². The Labute approximate surface area is 152 Å². The predicted octanol–water partition coefficient (Wildman–Crippen LogP) is 3.06. The molecule has 2 heterocycles. The fraction of sp³-hybridized carbons (Fsp3) is 0.333. The van der Waals surface area contributed by atoms with Crippen LogP contribution in [0.5, 0.6) is 0 Å². The van der Waals surface area contributed by atoms with E-state index < -0.39 is 0 Å². The van der Waals surface area contributed by atoms with Crippen LogP contribution in [-0.2, 0) is 10.2 Å². The highest BCUT2D eigenvalue weighted by molar-refractivity contribution is 6.02. The molecular formula is C21H21N3O2. The Balaban J connectivity index is 1.49. The molecule has 5 nitrogen and oxygen atoms in total. The van der Waals surface area contributed by atoms with E-state index in [9.17, 15) is 4.79 Å². The van der Waals surface area contributed by atoms with Gasteiger partial charge < -0.3 is 10.1 Å². The van der Waals surface area contributed by atoms with Crippen molar-refractivity contribution in [2.24, 2.45) is 5.92 Å². The van der Waals surface area contributed by atoms with Crippen molar-refractivity contribution in [2.45, 2.75) is 18.3 Å². The Morgan fingerprint density at radius 1 is 1.27 bits per heavy atom. The first-order valence-corrected chi connectivity index (χ1v) is 9.10. The summed E-state index contributed by atoms with van der Waals surface area (Å²) >= 11 is 0. The number of nitrogens with one attached hydrogen (secondary N) is 1. The van der Waals surface area contributed by atoms with Crippen molar-refractivity contribution in [3.05, 3.63) is 59.8 Å². The normalized spacial score (nSPS) is 24.3. The summed E-state index contributed by atoms with van der Waals surface area (Å²) in [6.07, 6.45) is 4.48. The van der Waals surface area contributed by atoms with Crippen LogP contribution in [0.2, 0.25) is 0 Å². The van der Waals surface area contributed by atoms with Crippen LogP contribution >= 0.6 is 0 Å². The lowest BCUT2D eigenvalue weighted by Gasteiger charge is -2.23. The van der Waals surface area contributed by atoms with Crippen molar-refractivity contribution < 1.29 is 9.53 Å². The number of ether oxygens (including phenoxy) is 1. The molecule has 1 N–H and O–H groups in total. The second-order valence-electron chi connectivity index (χ2n) is 7.37. The van der Waals surface area contributed by atoms with Gasteiger partial charge in [-0.05, 0) is 55.6 Å². The fourth-order valence-electron chi connectivity index (χ4n) is 4.44. The highest BCUT2D eigenvalue weighted by atomic mass is 16.5. The number of fused-ring (bicyclic) bond motifs is 2. The number of rotatable bonds is 3. The number of piperidine rings is 1. The number of benzene rings is 2. The Morgan fingerprint density at radius 2 is 2.12 bits per heavy atom. The van der Waals surface area contributed by atoms with Crippen molar-refractivity contribution in [1.82, 2.24) is 15.1 Å². The molecule has 0 unspecified atom stereocenters. The molecule has 5 heteroatoms. The molecule has 1 saturated heterocycles. The van der Waals surface area contributed by atoms with Gasteiger partial charge in [-0.25, -0.2) is 9.48 Å². The number of carbonyl (C=O) groups excluding carboxylic acids is 1. The molecule has 3 aromatic rings. The Bertz CT molecular complexity index is 992. The molecule has 1 aliphatic heterocycles. The average Bonchev–Trinajstić information content (AvgIpc) is 3.29. The summed E-state index contributed by atoms with van der Waals surface area (Å²) in [5, 5.41) is 9.04. The lowest BCUT2D eigenvalue weighted by molar-refractivity contribution is 0.0602. The van der Waals surface area contributed by atoms with Gasteiger partial charge in [0, 0.05) is 17.0 Å². The van der Waals surface area contributed by atoms with E-state index in [1.165, 1.54) is 25.5 Å². The topological polar surface area (TPSA) is 56.1 Å². The minimum Gasteiger partial charge on any atom is -0.465 e. The average molecular weight is 347 g/mol. The summed E-state index contributed by atoms with van der Waals surface area (Å²) in [6, 6.07) is 14.3. The summed E-state index contributed by atoms with van der Waals surface area (Å²) in [6.45, 7) is 2.25. The molecule has 0 spiro atoms. The zero-order chi connectivity index (χ0) is 17.7. The molecule has 1 aliphatic carbocycles. The van der Waals surface area contributed by atoms with Crippen molar-refractivity contribution >= 4 is 16.9 Å². The number of nitrogens with zero attached hydrogens (tertiary/aromatic N) is 2. The zero-order valence-electron chi connectivity index (χ0n) is 14.7. The van der Waals surface area contributed by atoms with Gasteiger partial charge in [0.05, 0.1) is 18.4 Å². The summed E-state index contributed by atoms with van der Waals surface area (Å²) in [5.74, 6) is 0.429. The van der Waals surface area contributed by atoms with Crippen LogP contribution in [0.15, 0.2) is 48.7 Å². The third-order valence-electron chi connectivity index (χ3n) is 6.02. The molecule has 1 saturated carbocycles. The summed E-state index contributed by atoms with van der Waals surface area (Å²) in [4.78, 5) is 12.0. The molecule has 2 atom stereocenters. The van der Waals surface area contributed by atoms with Crippen LogP contribution in [0.25, 0.3) is 16.6 Å². The molecule has 5 rings (SSSR count). The molecule has 1 aromatic heterocycles. The first kappa shape index (κ1) is 15.6. The molecular weight excluding hydrogens is 326 g/mol. The smallest absolute Gasteiger partial charge is 0.340 e. The van der Waals surface area contributed by atoms with Gasteiger partial charge in [0.15, 0.2) is 0 Å².